The molecule has 4 heterocycles. The van der Waals surface area contributed by atoms with Gasteiger partial charge in [0.15, 0.2) is 17.5 Å². The second-order valence-electron chi connectivity index (χ2n) is 14.0. The van der Waals surface area contributed by atoms with Gasteiger partial charge in [0, 0.05) is 48.3 Å². The fourth-order valence-corrected chi connectivity index (χ4v) is 9.62. The minimum absolute atomic E-state index is 0.634. The van der Waals surface area contributed by atoms with Crippen LogP contribution in [0.15, 0.2) is 186 Å². The molecule has 0 amide bonds. The average molecular weight is 720 g/mol. The summed E-state index contributed by atoms with van der Waals surface area (Å²) in [5, 5.41) is 8.44. The molecule has 0 saturated carbocycles. The summed E-state index contributed by atoms with van der Waals surface area (Å²) < 4.78 is 4.89. The van der Waals surface area contributed by atoms with Gasteiger partial charge in [0.1, 0.15) is 5.65 Å². The molecule has 0 aliphatic carbocycles. The van der Waals surface area contributed by atoms with Crippen LogP contribution in [-0.2, 0) is 0 Å². The molecular formula is C49H29N5S. The predicted octanol–water partition coefficient (Wildman–Crippen LogP) is 12.7. The maximum Gasteiger partial charge on any atom is 0.164 e. The summed E-state index contributed by atoms with van der Waals surface area (Å²) >= 11 is 1.85. The lowest BCUT2D eigenvalue weighted by molar-refractivity contribution is 1.03. The molecule has 5 nitrogen and oxygen atoms in total. The lowest BCUT2D eigenvalue weighted by Crippen LogP contribution is -2.05. The molecule has 0 atom stereocenters. The molecule has 11 aromatic rings. The molecule has 12 rings (SSSR count). The van der Waals surface area contributed by atoms with Crippen LogP contribution >= 0.6 is 11.8 Å². The highest BCUT2D eigenvalue weighted by Gasteiger charge is 2.27. The smallest absolute Gasteiger partial charge is 0.164 e. The molecule has 0 unspecified atom stereocenters. The van der Waals surface area contributed by atoms with Gasteiger partial charge in [0.2, 0.25) is 0 Å². The van der Waals surface area contributed by atoms with Crippen LogP contribution in [-0.4, -0.2) is 24.1 Å². The van der Waals surface area contributed by atoms with E-state index >= 15 is 0 Å². The molecule has 0 fully saturated rings. The minimum Gasteiger partial charge on any atom is -0.295 e. The Hall–Kier alpha value is -7.02. The van der Waals surface area contributed by atoms with Gasteiger partial charge in [-0.05, 0) is 76.1 Å². The molecule has 6 heteroatoms. The first-order valence-corrected chi connectivity index (χ1v) is 19.3. The standard InChI is InChI=1S/C49H29N5S/c1-2-13-30(14-3-1)46-50-47(52-48(51-46)39-29-32-15-4-5-16-34(32)35-17-6-7-18-36(35)39)31-25-27-33(28-26-31)53-40-21-9-8-19-37(40)44-38-20-12-24-43-45(38)54(49(44)53)41-22-10-11-23-42(41)55-43/h1-29H. The number of nitrogens with zero attached hydrogens (tertiary/aromatic N) is 5. The Balaban J connectivity index is 1.07. The first kappa shape index (κ1) is 30.4. The highest BCUT2D eigenvalue weighted by atomic mass is 32.2. The van der Waals surface area contributed by atoms with Crippen molar-refractivity contribution in [3.63, 3.8) is 0 Å². The van der Waals surface area contributed by atoms with Crippen LogP contribution in [0, 0.1) is 0 Å². The Morgan fingerprint density at radius 3 is 1.87 bits per heavy atom. The topological polar surface area (TPSA) is 48.5 Å². The summed E-state index contributed by atoms with van der Waals surface area (Å²) in [5.41, 5.74) is 8.74. The number of aromatic nitrogens is 5. The third-order valence-electron chi connectivity index (χ3n) is 10.9. The zero-order valence-electron chi connectivity index (χ0n) is 29.4. The second kappa shape index (κ2) is 11.7. The molecule has 0 N–H and O–H groups in total. The molecular weight excluding hydrogens is 691 g/mol. The average Bonchev–Trinajstić information content (AvgIpc) is 3.78. The number of hydrogen-bond donors (Lipinski definition) is 0. The van der Waals surface area contributed by atoms with Crippen molar-refractivity contribution in [2.75, 3.05) is 0 Å². The fourth-order valence-electron chi connectivity index (χ4n) is 8.53. The van der Waals surface area contributed by atoms with Crippen LogP contribution in [0.5, 0.6) is 0 Å². The molecule has 0 spiro atoms. The van der Waals surface area contributed by atoms with Gasteiger partial charge in [-0.25, -0.2) is 15.0 Å². The van der Waals surface area contributed by atoms with Crippen LogP contribution in [0.4, 0.5) is 0 Å². The van der Waals surface area contributed by atoms with E-state index < -0.39 is 0 Å². The number of hydrogen-bond acceptors (Lipinski definition) is 4. The summed E-state index contributed by atoms with van der Waals surface area (Å²) in [7, 11) is 0. The largest absolute Gasteiger partial charge is 0.295 e. The maximum absolute atomic E-state index is 5.21. The molecule has 3 aromatic heterocycles. The zero-order valence-corrected chi connectivity index (χ0v) is 30.2. The molecule has 55 heavy (non-hydrogen) atoms. The first-order chi connectivity index (χ1) is 27.3. The van der Waals surface area contributed by atoms with Crippen molar-refractivity contribution < 1.29 is 0 Å². The Labute approximate surface area is 320 Å². The van der Waals surface area contributed by atoms with E-state index in [0.717, 1.165) is 33.2 Å². The zero-order chi connectivity index (χ0) is 36.0. The summed E-state index contributed by atoms with van der Waals surface area (Å²) in [4.78, 5) is 18.0. The molecule has 0 saturated heterocycles. The van der Waals surface area contributed by atoms with Crippen molar-refractivity contribution in [2.45, 2.75) is 9.79 Å². The molecule has 8 aromatic carbocycles. The lowest BCUT2D eigenvalue weighted by Gasteiger charge is -2.21. The Kier molecular flexibility index (Phi) is 6.50. The third kappa shape index (κ3) is 4.52. The summed E-state index contributed by atoms with van der Waals surface area (Å²) in [6, 6.07) is 62.4. The fraction of sp³-hybridized carbons (Fsp3) is 0. The monoisotopic (exact) mass is 719 g/mol. The van der Waals surface area contributed by atoms with Gasteiger partial charge in [-0.3, -0.25) is 9.13 Å². The Morgan fingerprint density at radius 2 is 1.04 bits per heavy atom. The quantitative estimate of drug-likeness (QED) is 0.170. The molecule has 1 aliphatic heterocycles. The minimum atomic E-state index is 0.634. The van der Waals surface area contributed by atoms with Crippen molar-refractivity contribution in [1.82, 2.24) is 24.1 Å². The molecule has 1 aliphatic rings. The van der Waals surface area contributed by atoms with E-state index in [-0.39, 0.29) is 0 Å². The predicted molar refractivity (Wildman–Crippen MR) is 226 cm³/mol. The van der Waals surface area contributed by atoms with Crippen LogP contribution in [0.2, 0.25) is 0 Å². The van der Waals surface area contributed by atoms with E-state index in [4.69, 9.17) is 15.0 Å². The number of para-hydroxylation sites is 3. The highest BCUT2D eigenvalue weighted by molar-refractivity contribution is 7.99. The van der Waals surface area contributed by atoms with Crippen LogP contribution < -0.4 is 0 Å². The van der Waals surface area contributed by atoms with E-state index in [1.54, 1.807) is 0 Å². The van der Waals surface area contributed by atoms with Crippen LogP contribution in [0.1, 0.15) is 0 Å². The first-order valence-electron chi connectivity index (χ1n) is 18.5. The number of rotatable bonds is 4. The van der Waals surface area contributed by atoms with Gasteiger partial charge < -0.3 is 0 Å². The van der Waals surface area contributed by atoms with Crippen molar-refractivity contribution in [2.24, 2.45) is 0 Å². The van der Waals surface area contributed by atoms with Gasteiger partial charge in [-0.1, -0.05) is 133 Å². The van der Waals surface area contributed by atoms with E-state index in [0.29, 0.717) is 17.5 Å². The lowest BCUT2D eigenvalue weighted by atomic mass is 9.97. The summed E-state index contributed by atoms with van der Waals surface area (Å²) in [6.45, 7) is 0. The van der Waals surface area contributed by atoms with E-state index in [2.05, 4.69) is 167 Å². The van der Waals surface area contributed by atoms with Crippen LogP contribution in [0.3, 0.4) is 0 Å². The number of fused-ring (bicyclic) bond motifs is 10. The molecule has 0 radical (unpaired) electrons. The SMILES string of the molecule is c1ccc(-c2nc(-c3ccc(-n4c5ccccc5c5c6cccc7c6n(c54)-c4ccccc4S7)cc3)nc(-c3cc4ccccc4c4ccccc34)n2)cc1. The van der Waals surface area contributed by atoms with Crippen molar-refractivity contribution in [1.29, 1.82) is 0 Å². The number of benzene rings is 8. The van der Waals surface area contributed by atoms with Crippen molar-refractivity contribution >= 4 is 66.1 Å². The van der Waals surface area contributed by atoms with Gasteiger partial charge in [0.05, 0.1) is 16.7 Å². The van der Waals surface area contributed by atoms with Gasteiger partial charge in [-0.2, -0.15) is 0 Å². The van der Waals surface area contributed by atoms with E-state index in [1.807, 2.05) is 30.0 Å². The molecule has 256 valence electrons. The van der Waals surface area contributed by atoms with Crippen molar-refractivity contribution in [3.05, 3.63) is 176 Å². The van der Waals surface area contributed by atoms with Gasteiger partial charge >= 0.3 is 0 Å². The van der Waals surface area contributed by atoms with Crippen molar-refractivity contribution in [3.8, 4) is 45.5 Å². The van der Waals surface area contributed by atoms with Gasteiger partial charge in [-0.15, -0.1) is 0 Å². The van der Waals surface area contributed by atoms with Crippen LogP contribution in [0.25, 0.3) is 99.9 Å². The summed E-state index contributed by atoms with van der Waals surface area (Å²) in [5.74, 6) is 1.93. The Morgan fingerprint density at radius 1 is 0.418 bits per heavy atom. The van der Waals surface area contributed by atoms with E-state index in [1.165, 1.54) is 59.1 Å². The maximum atomic E-state index is 5.21. The normalized spacial score (nSPS) is 12.3. The Bertz CT molecular complexity index is 3340. The van der Waals surface area contributed by atoms with E-state index in [9.17, 15) is 0 Å². The van der Waals surface area contributed by atoms with Gasteiger partial charge in [0.25, 0.3) is 0 Å². The second-order valence-corrected chi connectivity index (χ2v) is 15.1. The highest BCUT2D eigenvalue weighted by Crippen LogP contribution is 2.49. The summed E-state index contributed by atoms with van der Waals surface area (Å²) in [6.07, 6.45) is 0. The third-order valence-corrected chi connectivity index (χ3v) is 12.1. The molecule has 0 bridgehead atoms.